The predicted octanol–water partition coefficient (Wildman–Crippen LogP) is 2.26. The van der Waals surface area contributed by atoms with Gasteiger partial charge in [-0.3, -0.25) is 0 Å². The number of hydrogen-bond acceptors (Lipinski definition) is 4. The molecule has 1 unspecified atom stereocenters. The molecule has 102 valence electrons. The van der Waals surface area contributed by atoms with Crippen LogP contribution >= 0.6 is 0 Å². The fourth-order valence-electron chi connectivity index (χ4n) is 2.43. The molecule has 0 saturated heterocycles. The summed E-state index contributed by atoms with van der Waals surface area (Å²) in [6.07, 6.45) is 4.35. The van der Waals surface area contributed by atoms with Crippen LogP contribution in [0, 0.1) is 17.2 Å². The molecule has 4 heteroatoms. The Labute approximate surface area is 114 Å². The van der Waals surface area contributed by atoms with E-state index >= 15 is 0 Å². The number of nitrogens with zero attached hydrogens (tertiary/aromatic N) is 2. The van der Waals surface area contributed by atoms with Gasteiger partial charge in [-0.25, -0.2) is 4.98 Å². The first-order chi connectivity index (χ1) is 9.15. The van der Waals surface area contributed by atoms with E-state index in [-0.39, 0.29) is 18.6 Å². The minimum Gasteiger partial charge on any atom is -0.394 e. The van der Waals surface area contributed by atoms with E-state index in [2.05, 4.69) is 16.4 Å². The number of aryl methyl sites for hydroxylation is 2. The lowest BCUT2D eigenvalue weighted by atomic mass is 9.94. The summed E-state index contributed by atoms with van der Waals surface area (Å²) in [6.45, 7) is 4.12. The van der Waals surface area contributed by atoms with E-state index in [1.807, 2.05) is 19.9 Å². The summed E-state index contributed by atoms with van der Waals surface area (Å²) in [5.74, 6) is 0.908. The molecule has 0 aliphatic heterocycles. The van der Waals surface area contributed by atoms with Gasteiger partial charge in [-0.1, -0.05) is 13.8 Å². The van der Waals surface area contributed by atoms with Crippen LogP contribution in [0.3, 0.4) is 0 Å². The van der Waals surface area contributed by atoms with Crippen molar-refractivity contribution in [2.24, 2.45) is 5.92 Å². The summed E-state index contributed by atoms with van der Waals surface area (Å²) in [5, 5.41) is 21.9. The van der Waals surface area contributed by atoms with Crippen molar-refractivity contribution in [1.29, 1.82) is 5.26 Å². The number of fused-ring (bicyclic) bond motifs is 1. The van der Waals surface area contributed by atoms with Gasteiger partial charge in [0.1, 0.15) is 11.9 Å². The summed E-state index contributed by atoms with van der Waals surface area (Å²) in [4.78, 5) is 4.61. The van der Waals surface area contributed by atoms with E-state index in [9.17, 15) is 10.4 Å². The van der Waals surface area contributed by atoms with Crippen LogP contribution in [-0.4, -0.2) is 22.7 Å². The molecule has 2 N–H and O–H groups in total. The highest BCUT2D eigenvalue weighted by molar-refractivity contribution is 5.55. The summed E-state index contributed by atoms with van der Waals surface area (Å²) in [6, 6.07) is 4.10. The largest absolute Gasteiger partial charge is 0.394 e. The molecular formula is C15H21N3O. The predicted molar refractivity (Wildman–Crippen MR) is 74.9 cm³/mol. The molecule has 1 atom stereocenters. The molecule has 0 amide bonds. The fourth-order valence-corrected chi connectivity index (χ4v) is 2.43. The Morgan fingerprint density at radius 1 is 1.42 bits per heavy atom. The number of aliphatic hydroxyl groups excluding tert-OH is 1. The van der Waals surface area contributed by atoms with Crippen LogP contribution in [-0.2, 0) is 12.8 Å². The molecule has 4 nitrogen and oxygen atoms in total. The molecule has 1 heterocycles. The molecule has 2 rings (SSSR count). The maximum absolute atomic E-state index is 9.39. The average Bonchev–Trinajstić information content (AvgIpc) is 2.43. The van der Waals surface area contributed by atoms with Crippen molar-refractivity contribution in [2.45, 2.75) is 45.6 Å². The van der Waals surface area contributed by atoms with Crippen LogP contribution in [0.15, 0.2) is 6.07 Å². The number of aliphatic hydroxyl groups is 1. The van der Waals surface area contributed by atoms with Crippen molar-refractivity contribution in [3.8, 4) is 6.07 Å². The van der Waals surface area contributed by atoms with Gasteiger partial charge < -0.3 is 10.4 Å². The van der Waals surface area contributed by atoms with Gasteiger partial charge in [0.25, 0.3) is 0 Å². The van der Waals surface area contributed by atoms with Crippen LogP contribution in [0.4, 0.5) is 5.82 Å². The van der Waals surface area contributed by atoms with Gasteiger partial charge in [0.15, 0.2) is 0 Å². The van der Waals surface area contributed by atoms with Gasteiger partial charge in [0.2, 0.25) is 0 Å². The zero-order valence-corrected chi connectivity index (χ0v) is 11.6. The highest BCUT2D eigenvalue weighted by Crippen LogP contribution is 2.25. The third-order valence-electron chi connectivity index (χ3n) is 3.74. The molecule has 1 aliphatic carbocycles. The molecule has 1 aromatic rings. The molecule has 1 aromatic heterocycles. The fraction of sp³-hybridized carbons (Fsp3) is 0.600. The molecule has 0 fully saturated rings. The topological polar surface area (TPSA) is 68.9 Å². The minimum atomic E-state index is -0.0683. The van der Waals surface area contributed by atoms with Gasteiger partial charge in [-0.05, 0) is 43.2 Å². The summed E-state index contributed by atoms with van der Waals surface area (Å²) in [7, 11) is 0. The second-order valence-corrected chi connectivity index (χ2v) is 5.49. The van der Waals surface area contributed by atoms with Gasteiger partial charge >= 0.3 is 0 Å². The first-order valence-corrected chi connectivity index (χ1v) is 6.96. The highest BCUT2D eigenvalue weighted by Gasteiger charge is 2.18. The Kier molecular flexibility index (Phi) is 4.39. The van der Waals surface area contributed by atoms with E-state index in [0.717, 1.165) is 18.5 Å². The van der Waals surface area contributed by atoms with Crippen LogP contribution in [0.5, 0.6) is 0 Å². The lowest BCUT2D eigenvalue weighted by Gasteiger charge is -2.23. The third-order valence-corrected chi connectivity index (χ3v) is 3.74. The molecule has 0 aromatic carbocycles. The Morgan fingerprint density at radius 3 is 2.79 bits per heavy atom. The van der Waals surface area contributed by atoms with E-state index in [1.54, 1.807) is 0 Å². The van der Waals surface area contributed by atoms with Crippen molar-refractivity contribution in [1.82, 2.24) is 4.98 Å². The van der Waals surface area contributed by atoms with E-state index < -0.39 is 0 Å². The van der Waals surface area contributed by atoms with Gasteiger partial charge in [0, 0.05) is 5.69 Å². The summed E-state index contributed by atoms with van der Waals surface area (Å²) < 4.78 is 0. The highest BCUT2D eigenvalue weighted by atomic mass is 16.3. The van der Waals surface area contributed by atoms with E-state index in [0.29, 0.717) is 11.4 Å². The normalized spacial score (nSPS) is 15.7. The number of nitrogens with one attached hydrogen (secondary N) is 1. The molecule has 0 spiro atoms. The van der Waals surface area contributed by atoms with Crippen LogP contribution < -0.4 is 5.32 Å². The van der Waals surface area contributed by atoms with Crippen molar-refractivity contribution < 1.29 is 5.11 Å². The Balaban J connectivity index is 2.31. The van der Waals surface area contributed by atoms with Gasteiger partial charge in [-0.2, -0.15) is 5.26 Å². The number of hydrogen-bond donors (Lipinski definition) is 2. The van der Waals surface area contributed by atoms with E-state index in [4.69, 9.17) is 0 Å². The average molecular weight is 259 g/mol. The zero-order chi connectivity index (χ0) is 13.8. The smallest absolute Gasteiger partial charge is 0.144 e. The quantitative estimate of drug-likeness (QED) is 0.870. The monoisotopic (exact) mass is 259 g/mol. The standard InChI is InChI=1S/C15H21N3O/c1-10(2)14(9-19)18-15-12(8-16)7-11-5-3-4-6-13(11)17-15/h7,10,14,19H,3-6,9H2,1-2H3,(H,17,18). The Bertz CT molecular complexity index is 491. The summed E-state index contributed by atoms with van der Waals surface area (Å²) in [5.41, 5.74) is 2.89. The zero-order valence-electron chi connectivity index (χ0n) is 11.6. The van der Waals surface area contributed by atoms with Crippen molar-refractivity contribution in [3.05, 3.63) is 22.9 Å². The second-order valence-electron chi connectivity index (χ2n) is 5.49. The minimum absolute atomic E-state index is 0.0430. The molecule has 1 aliphatic rings. The molecular weight excluding hydrogens is 238 g/mol. The first-order valence-electron chi connectivity index (χ1n) is 6.96. The van der Waals surface area contributed by atoms with E-state index in [1.165, 1.54) is 18.4 Å². The van der Waals surface area contributed by atoms with Crippen LogP contribution in [0.25, 0.3) is 0 Å². The van der Waals surface area contributed by atoms with Crippen LogP contribution in [0.1, 0.15) is 43.5 Å². The SMILES string of the molecule is CC(C)C(CO)Nc1nc2c(cc1C#N)CCCC2. The molecule has 0 bridgehead atoms. The first kappa shape index (κ1) is 13.8. The second kappa shape index (κ2) is 6.03. The number of pyridine rings is 1. The Hall–Kier alpha value is -1.60. The lowest BCUT2D eigenvalue weighted by Crippen LogP contribution is -2.30. The molecule has 19 heavy (non-hydrogen) atoms. The molecule has 0 saturated carbocycles. The molecule has 0 radical (unpaired) electrons. The number of rotatable bonds is 4. The van der Waals surface area contributed by atoms with Crippen molar-refractivity contribution in [2.75, 3.05) is 11.9 Å². The summed E-state index contributed by atoms with van der Waals surface area (Å²) >= 11 is 0. The maximum atomic E-state index is 9.39. The maximum Gasteiger partial charge on any atom is 0.144 e. The lowest BCUT2D eigenvalue weighted by molar-refractivity contribution is 0.249. The van der Waals surface area contributed by atoms with Gasteiger partial charge in [-0.15, -0.1) is 0 Å². The number of anilines is 1. The van der Waals surface area contributed by atoms with Crippen molar-refractivity contribution in [3.63, 3.8) is 0 Å². The Morgan fingerprint density at radius 2 is 2.16 bits per heavy atom. The van der Waals surface area contributed by atoms with Crippen molar-refractivity contribution >= 4 is 5.82 Å². The third kappa shape index (κ3) is 3.05. The number of aromatic nitrogens is 1. The van der Waals surface area contributed by atoms with Crippen LogP contribution in [0.2, 0.25) is 0 Å². The van der Waals surface area contributed by atoms with Gasteiger partial charge in [0.05, 0.1) is 18.2 Å². The number of nitriles is 1.